The normalized spacial score (nSPS) is 23.8. The summed E-state index contributed by atoms with van der Waals surface area (Å²) < 4.78 is 5.62. The number of nitrogens with zero attached hydrogens (tertiary/aromatic N) is 3. The van der Waals surface area contributed by atoms with Gasteiger partial charge in [0.2, 0.25) is 0 Å². The van der Waals surface area contributed by atoms with E-state index in [-0.39, 0.29) is 11.4 Å². The zero-order valence-electron chi connectivity index (χ0n) is 14.4. The fraction of sp³-hybridized carbons (Fsp3) is 0.667. The smallest absolute Gasteiger partial charge is 0.255 e. The summed E-state index contributed by atoms with van der Waals surface area (Å²) >= 11 is 0. The van der Waals surface area contributed by atoms with Crippen LogP contribution >= 0.6 is 0 Å². The van der Waals surface area contributed by atoms with Crippen LogP contribution in [0.1, 0.15) is 35.7 Å². The molecule has 3 heterocycles. The Hall–Kier alpha value is -1.46. The number of hydrogen-bond donors (Lipinski definition) is 0. The first-order valence-electron chi connectivity index (χ1n) is 8.54. The number of carbonyl (C=O) groups is 1. The number of ether oxygens (including phenoxy) is 1. The zero-order valence-corrected chi connectivity index (χ0v) is 14.4. The quantitative estimate of drug-likeness (QED) is 0.852. The summed E-state index contributed by atoms with van der Waals surface area (Å²) in [5, 5.41) is 0. The van der Waals surface area contributed by atoms with Gasteiger partial charge in [-0.3, -0.25) is 14.7 Å². The van der Waals surface area contributed by atoms with Gasteiger partial charge in [-0.15, -0.1) is 0 Å². The third kappa shape index (κ3) is 3.26. The van der Waals surface area contributed by atoms with Gasteiger partial charge in [-0.1, -0.05) is 0 Å². The molecule has 0 aromatic carbocycles. The summed E-state index contributed by atoms with van der Waals surface area (Å²) in [6, 6.07) is 1.92. The van der Waals surface area contributed by atoms with Crippen molar-refractivity contribution < 1.29 is 9.53 Å². The van der Waals surface area contributed by atoms with Crippen molar-refractivity contribution in [3.8, 4) is 0 Å². The summed E-state index contributed by atoms with van der Waals surface area (Å²) in [6.45, 7) is 8.37. The van der Waals surface area contributed by atoms with E-state index < -0.39 is 0 Å². The van der Waals surface area contributed by atoms with E-state index in [9.17, 15) is 4.79 Å². The molecule has 0 unspecified atom stereocenters. The average molecular weight is 317 g/mol. The van der Waals surface area contributed by atoms with Crippen molar-refractivity contribution in [2.75, 3.05) is 39.9 Å². The molecule has 3 rings (SSSR count). The fourth-order valence-electron chi connectivity index (χ4n) is 3.87. The highest BCUT2D eigenvalue weighted by Gasteiger charge is 2.50. The van der Waals surface area contributed by atoms with Crippen molar-refractivity contribution in [1.82, 2.24) is 14.8 Å². The van der Waals surface area contributed by atoms with E-state index in [1.807, 2.05) is 24.8 Å². The molecule has 0 radical (unpaired) electrons. The number of pyridine rings is 1. The molecule has 0 bridgehead atoms. The number of amides is 1. The first-order valence-corrected chi connectivity index (χ1v) is 8.54. The predicted octanol–water partition coefficient (Wildman–Crippen LogP) is 1.96. The van der Waals surface area contributed by atoms with Crippen LogP contribution < -0.4 is 0 Å². The number of aromatic nitrogens is 1. The second-order valence-electron chi connectivity index (χ2n) is 7.08. The number of likely N-dealkylation sites (N-methyl/N-ethyl adjacent to an activating group) is 1. The molecule has 126 valence electrons. The van der Waals surface area contributed by atoms with Gasteiger partial charge in [-0.25, -0.2) is 0 Å². The van der Waals surface area contributed by atoms with Gasteiger partial charge < -0.3 is 9.64 Å². The number of rotatable bonds is 4. The van der Waals surface area contributed by atoms with Crippen molar-refractivity contribution in [3.63, 3.8) is 0 Å². The van der Waals surface area contributed by atoms with Crippen LogP contribution in [0.15, 0.2) is 18.5 Å². The maximum Gasteiger partial charge on any atom is 0.255 e. The second kappa shape index (κ2) is 6.57. The summed E-state index contributed by atoms with van der Waals surface area (Å²) in [5.74, 6) is 0.719. The molecule has 1 atom stereocenters. The highest BCUT2D eigenvalue weighted by Crippen LogP contribution is 2.38. The van der Waals surface area contributed by atoms with Gasteiger partial charge in [0, 0.05) is 38.7 Å². The SMILES string of the molecule is CCOC[C@@H]1CCN(C)C2(C1)CN(C(=O)c1cncc(C)c1)C2. The molecule has 1 amide bonds. The Balaban J connectivity index is 1.62. The van der Waals surface area contributed by atoms with Crippen molar-refractivity contribution in [1.29, 1.82) is 0 Å². The number of carbonyl (C=O) groups excluding carboxylic acids is 1. The maximum atomic E-state index is 12.6. The molecule has 1 aromatic heterocycles. The third-order valence-corrected chi connectivity index (χ3v) is 5.29. The molecule has 2 saturated heterocycles. The van der Waals surface area contributed by atoms with Crippen molar-refractivity contribution in [2.45, 2.75) is 32.2 Å². The molecule has 2 aliphatic rings. The van der Waals surface area contributed by atoms with Crippen LogP contribution in [0.2, 0.25) is 0 Å². The van der Waals surface area contributed by atoms with E-state index in [0.717, 1.165) is 44.8 Å². The molecule has 1 spiro atoms. The van der Waals surface area contributed by atoms with E-state index in [4.69, 9.17) is 4.74 Å². The van der Waals surface area contributed by atoms with E-state index in [0.29, 0.717) is 11.5 Å². The highest BCUT2D eigenvalue weighted by molar-refractivity contribution is 5.94. The Labute approximate surface area is 138 Å². The van der Waals surface area contributed by atoms with Crippen molar-refractivity contribution in [2.24, 2.45) is 5.92 Å². The topological polar surface area (TPSA) is 45.7 Å². The highest BCUT2D eigenvalue weighted by atomic mass is 16.5. The summed E-state index contributed by atoms with van der Waals surface area (Å²) in [5.41, 5.74) is 1.87. The van der Waals surface area contributed by atoms with Crippen LogP contribution in [0.25, 0.3) is 0 Å². The minimum atomic E-state index is 0.104. The minimum Gasteiger partial charge on any atom is -0.381 e. The first kappa shape index (κ1) is 16.4. The van der Waals surface area contributed by atoms with Gasteiger partial charge in [0.25, 0.3) is 5.91 Å². The van der Waals surface area contributed by atoms with Crippen LogP contribution in [0, 0.1) is 12.8 Å². The van der Waals surface area contributed by atoms with Crippen LogP contribution in [0.4, 0.5) is 0 Å². The predicted molar refractivity (Wildman–Crippen MR) is 89.5 cm³/mol. The number of aryl methyl sites for hydroxylation is 1. The monoisotopic (exact) mass is 317 g/mol. The van der Waals surface area contributed by atoms with Gasteiger partial charge in [-0.05, 0) is 57.8 Å². The third-order valence-electron chi connectivity index (χ3n) is 5.29. The van der Waals surface area contributed by atoms with Crippen molar-refractivity contribution in [3.05, 3.63) is 29.6 Å². The van der Waals surface area contributed by atoms with Crippen LogP contribution in [0.5, 0.6) is 0 Å². The minimum absolute atomic E-state index is 0.104. The average Bonchev–Trinajstić information content (AvgIpc) is 2.51. The number of piperidine rings is 1. The Morgan fingerprint density at radius 3 is 2.91 bits per heavy atom. The lowest BCUT2D eigenvalue weighted by Crippen LogP contribution is -2.72. The molecule has 0 N–H and O–H groups in total. The van der Waals surface area contributed by atoms with Gasteiger partial charge in [-0.2, -0.15) is 0 Å². The zero-order chi connectivity index (χ0) is 16.4. The lowest BCUT2D eigenvalue weighted by atomic mass is 9.75. The Morgan fingerprint density at radius 2 is 2.22 bits per heavy atom. The molecule has 0 aliphatic carbocycles. The van der Waals surface area contributed by atoms with Crippen LogP contribution in [-0.4, -0.2) is 66.1 Å². The number of likely N-dealkylation sites (tertiary alicyclic amines) is 2. The Bertz CT molecular complexity index is 567. The standard InChI is InChI=1S/C18H27N3O2/c1-4-23-11-15-5-6-20(3)18(8-15)12-21(13-18)17(22)16-7-14(2)9-19-10-16/h7,9-10,15H,4-6,8,11-13H2,1-3H3/t15-/m1/s1. The summed E-state index contributed by atoms with van der Waals surface area (Å²) in [7, 11) is 2.19. The molecule has 2 aliphatic heterocycles. The molecular weight excluding hydrogens is 290 g/mol. The molecule has 2 fully saturated rings. The lowest BCUT2D eigenvalue weighted by Gasteiger charge is -2.58. The van der Waals surface area contributed by atoms with E-state index in [2.05, 4.69) is 16.9 Å². The Kier molecular flexibility index (Phi) is 4.69. The van der Waals surface area contributed by atoms with Crippen LogP contribution in [0.3, 0.4) is 0 Å². The molecule has 5 nitrogen and oxygen atoms in total. The first-order chi connectivity index (χ1) is 11.0. The lowest BCUT2D eigenvalue weighted by molar-refractivity contribution is -0.0751. The summed E-state index contributed by atoms with van der Waals surface area (Å²) in [4.78, 5) is 21.1. The fourth-order valence-corrected chi connectivity index (χ4v) is 3.87. The molecule has 0 saturated carbocycles. The van der Waals surface area contributed by atoms with Gasteiger partial charge in [0.05, 0.1) is 11.1 Å². The van der Waals surface area contributed by atoms with Gasteiger partial charge >= 0.3 is 0 Å². The number of hydrogen-bond acceptors (Lipinski definition) is 4. The van der Waals surface area contributed by atoms with Gasteiger partial charge in [0.1, 0.15) is 0 Å². The van der Waals surface area contributed by atoms with Crippen molar-refractivity contribution >= 4 is 5.91 Å². The molecular formula is C18H27N3O2. The maximum absolute atomic E-state index is 12.6. The largest absolute Gasteiger partial charge is 0.381 e. The van der Waals surface area contributed by atoms with E-state index in [1.165, 1.54) is 6.42 Å². The summed E-state index contributed by atoms with van der Waals surface area (Å²) in [6.07, 6.45) is 5.76. The van der Waals surface area contributed by atoms with E-state index >= 15 is 0 Å². The Morgan fingerprint density at radius 1 is 1.43 bits per heavy atom. The van der Waals surface area contributed by atoms with E-state index in [1.54, 1.807) is 12.4 Å². The second-order valence-corrected chi connectivity index (χ2v) is 7.08. The van der Waals surface area contributed by atoms with Gasteiger partial charge in [0.15, 0.2) is 0 Å². The molecule has 5 heteroatoms. The molecule has 23 heavy (non-hydrogen) atoms. The molecule has 1 aromatic rings. The van der Waals surface area contributed by atoms with Crippen LogP contribution in [-0.2, 0) is 4.74 Å².